The highest BCUT2D eigenvalue weighted by Gasteiger charge is 2.34. The number of rotatable bonds is 4. The molecular weight excluding hydrogens is 354 g/mol. The van der Waals surface area contributed by atoms with E-state index >= 15 is 0 Å². The van der Waals surface area contributed by atoms with Crippen LogP contribution in [0, 0.1) is 0 Å². The normalized spacial score (nSPS) is 12.8. The van der Waals surface area contributed by atoms with E-state index in [1.165, 1.54) is 12.0 Å². The van der Waals surface area contributed by atoms with Gasteiger partial charge >= 0.3 is 5.97 Å². The summed E-state index contributed by atoms with van der Waals surface area (Å²) in [7, 11) is 1.35. The minimum atomic E-state index is -0.397. The Morgan fingerprint density at radius 2 is 1.32 bits per heavy atom. The first-order chi connectivity index (χ1) is 13.6. The van der Waals surface area contributed by atoms with Crippen molar-refractivity contribution in [3.05, 3.63) is 95.1 Å². The Balaban J connectivity index is 1.58. The summed E-state index contributed by atoms with van der Waals surface area (Å²) in [6, 6.07) is 21.5. The van der Waals surface area contributed by atoms with Crippen molar-refractivity contribution in [3.63, 3.8) is 0 Å². The van der Waals surface area contributed by atoms with Gasteiger partial charge in [0.1, 0.15) is 0 Å². The summed E-state index contributed by atoms with van der Waals surface area (Å²) in [5.74, 6) is -0.952. The second-order valence-electron chi connectivity index (χ2n) is 6.48. The van der Waals surface area contributed by atoms with Gasteiger partial charge in [0.2, 0.25) is 0 Å². The van der Waals surface area contributed by atoms with Crippen LogP contribution in [0.15, 0.2) is 72.8 Å². The average Bonchev–Trinajstić information content (AvgIpc) is 2.99. The van der Waals surface area contributed by atoms with Gasteiger partial charge in [-0.1, -0.05) is 54.6 Å². The minimum Gasteiger partial charge on any atom is -0.465 e. The van der Waals surface area contributed by atoms with Gasteiger partial charge in [-0.25, -0.2) is 4.79 Å². The number of amides is 2. The fourth-order valence-electron chi connectivity index (χ4n) is 3.38. The molecule has 5 heteroatoms. The van der Waals surface area contributed by atoms with Crippen LogP contribution in [0.1, 0.15) is 36.6 Å². The summed E-state index contributed by atoms with van der Waals surface area (Å²) >= 11 is 0. The van der Waals surface area contributed by atoms with Crippen molar-refractivity contribution >= 4 is 17.8 Å². The van der Waals surface area contributed by atoms with E-state index in [1.807, 2.05) is 36.4 Å². The number of hydrogen-bond acceptors (Lipinski definition) is 4. The second kappa shape index (κ2) is 7.12. The zero-order valence-corrected chi connectivity index (χ0v) is 15.2. The third-order valence-corrected chi connectivity index (χ3v) is 4.82. The minimum absolute atomic E-state index is 0.200. The predicted molar refractivity (Wildman–Crippen MR) is 104 cm³/mol. The van der Waals surface area contributed by atoms with Crippen molar-refractivity contribution in [1.82, 2.24) is 4.90 Å². The molecule has 0 spiro atoms. The summed E-state index contributed by atoms with van der Waals surface area (Å²) in [5, 5.41) is 0. The van der Waals surface area contributed by atoms with Gasteiger partial charge in [0.25, 0.3) is 11.8 Å². The number of imide groups is 1. The fourth-order valence-corrected chi connectivity index (χ4v) is 3.38. The van der Waals surface area contributed by atoms with Crippen LogP contribution in [-0.4, -0.2) is 29.8 Å². The molecule has 0 unspecified atom stereocenters. The molecule has 0 atom stereocenters. The van der Waals surface area contributed by atoms with Gasteiger partial charge in [-0.3, -0.25) is 14.5 Å². The summed E-state index contributed by atoms with van der Waals surface area (Å²) in [6.45, 7) is 0.200. The zero-order chi connectivity index (χ0) is 19.7. The van der Waals surface area contributed by atoms with Crippen LogP contribution in [-0.2, 0) is 11.3 Å². The number of benzene rings is 3. The first-order valence-corrected chi connectivity index (χ1v) is 8.82. The third kappa shape index (κ3) is 2.97. The number of esters is 1. The number of fused-ring (bicyclic) bond motifs is 1. The largest absolute Gasteiger partial charge is 0.465 e. The number of hydrogen-bond donors (Lipinski definition) is 0. The maximum absolute atomic E-state index is 12.5. The van der Waals surface area contributed by atoms with Crippen molar-refractivity contribution in [1.29, 1.82) is 0 Å². The SMILES string of the molecule is COC(=O)c1ccccc1-c1ccc(CN2C(=O)c3ccccc3C2=O)cc1. The van der Waals surface area contributed by atoms with Gasteiger partial charge in [-0.15, -0.1) is 0 Å². The molecule has 28 heavy (non-hydrogen) atoms. The van der Waals surface area contributed by atoms with Crippen LogP contribution < -0.4 is 0 Å². The molecule has 5 nitrogen and oxygen atoms in total. The highest BCUT2D eigenvalue weighted by molar-refractivity contribution is 6.21. The maximum Gasteiger partial charge on any atom is 0.338 e. The zero-order valence-electron chi connectivity index (χ0n) is 15.2. The van der Waals surface area contributed by atoms with Gasteiger partial charge in [0.15, 0.2) is 0 Å². The van der Waals surface area contributed by atoms with Crippen molar-refractivity contribution < 1.29 is 19.1 Å². The van der Waals surface area contributed by atoms with Crippen molar-refractivity contribution in [2.24, 2.45) is 0 Å². The topological polar surface area (TPSA) is 63.7 Å². The molecule has 0 N–H and O–H groups in total. The average molecular weight is 371 g/mol. The third-order valence-electron chi connectivity index (χ3n) is 4.82. The molecule has 0 saturated heterocycles. The number of nitrogens with zero attached hydrogens (tertiary/aromatic N) is 1. The lowest BCUT2D eigenvalue weighted by Crippen LogP contribution is -2.29. The lowest BCUT2D eigenvalue weighted by Gasteiger charge is -2.14. The fraction of sp³-hybridized carbons (Fsp3) is 0.0870. The molecule has 0 fully saturated rings. The number of ether oxygens (including phenoxy) is 1. The Morgan fingerprint density at radius 3 is 1.89 bits per heavy atom. The molecule has 1 aliphatic rings. The summed E-state index contributed by atoms with van der Waals surface area (Å²) in [6.07, 6.45) is 0. The van der Waals surface area contributed by atoms with Crippen LogP contribution in [0.4, 0.5) is 0 Å². The molecule has 0 radical (unpaired) electrons. The molecule has 0 bridgehead atoms. The van der Waals surface area contributed by atoms with E-state index in [-0.39, 0.29) is 18.4 Å². The molecule has 0 aromatic heterocycles. The number of carbonyl (C=O) groups excluding carboxylic acids is 3. The van der Waals surface area contributed by atoms with E-state index in [9.17, 15) is 14.4 Å². The van der Waals surface area contributed by atoms with Gasteiger partial charge in [0.05, 0.1) is 30.3 Å². The van der Waals surface area contributed by atoms with Crippen molar-refractivity contribution in [2.75, 3.05) is 7.11 Å². The van der Waals surface area contributed by atoms with Crippen LogP contribution in [0.3, 0.4) is 0 Å². The molecule has 1 aliphatic heterocycles. The van der Waals surface area contributed by atoms with Crippen LogP contribution >= 0.6 is 0 Å². The quantitative estimate of drug-likeness (QED) is 0.515. The van der Waals surface area contributed by atoms with Crippen LogP contribution in [0.5, 0.6) is 0 Å². The van der Waals surface area contributed by atoms with Crippen molar-refractivity contribution in [3.8, 4) is 11.1 Å². The van der Waals surface area contributed by atoms with Gasteiger partial charge in [-0.2, -0.15) is 0 Å². The van der Waals surface area contributed by atoms with E-state index < -0.39 is 5.97 Å². The molecule has 0 aliphatic carbocycles. The maximum atomic E-state index is 12.5. The first-order valence-electron chi connectivity index (χ1n) is 8.82. The lowest BCUT2D eigenvalue weighted by molar-refractivity contribution is 0.0598. The van der Waals surface area contributed by atoms with Crippen LogP contribution in [0.2, 0.25) is 0 Å². The molecule has 3 aromatic rings. The van der Waals surface area contributed by atoms with E-state index in [0.29, 0.717) is 16.7 Å². The van der Waals surface area contributed by atoms with E-state index in [2.05, 4.69) is 0 Å². The molecule has 3 aromatic carbocycles. The summed E-state index contributed by atoms with van der Waals surface area (Å²) in [4.78, 5) is 38.2. The van der Waals surface area contributed by atoms with Crippen LogP contribution in [0.25, 0.3) is 11.1 Å². The standard InChI is InChI=1S/C23H17NO4/c1-28-23(27)20-9-5-2-6-17(20)16-12-10-15(11-13-16)14-24-21(25)18-7-3-4-8-19(18)22(24)26/h2-13H,14H2,1H3. The highest BCUT2D eigenvalue weighted by atomic mass is 16.5. The number of carbonyl (C=O) groups is 3. The first kappa shape index (κ1) is 17.7. The Bertz CT molecular complexity index is 1050. The predicted octanol–water partition coefficient (Wildman–Crippen LogP) is 3.94. The van der Waals surface area contributed by atoms with E-state index in [1.54, 1.807) is 36.4 Å². The Kier molecular flexibility index (Phi) is 4.49. The Hall–Kier alpha value is -3.73. The molecule has 2 amide bonds. The van der Waals surface area contributed by atoms with E-state index in [0.717, 1.165) is 16.7 Å². The van der Waals surface area contributed by atoms with Gasteiger partial charge < -0.3 is 4.74 Å². The summed E-state index contributed by atoms with van der Waals surface area (Å²) in [5.41, 5.74) is 3.81. The van der Waals surface area contributed by atoms with Gasteiger partial charge in [0, 0.05) is 0 Å². The smallest absolute Gasteiger partial charge is 0.338 e. The lowest BCUT2D eigenvalue weighted by atomic mass is 9.98. The molecular formula is C23H17NO4. The molecule has 1 heterocycles. The molecule has 138 valence electrons. The molecule has 4 rings (SSSR count). The van der Waals surface area contributed by atoms with Crippen molar-refractivity contribution in [2.45, 2.75) is 6.54 Å². The second-order valence-corrected chi connectivity index (χ2v) is 6.48. The monoisotopic (exact) mass is 371 g/mol. The van der Waals surface area contributed by atoms with Gasteiger partial charge in [-0.05, 0) is 34.9 Å². The van der Waals surface area contributed by atoms with E-state index in [4.69, 9.17) is 4.74 Å². The molecule has 0 saturated carbocycles. The Labute approximate surface area is 162 Å². The number of methoxy groups -OCH3 is 1. The highest BCUT2D eigenvalue weighted by Crippen LogP contribution is 2.27. The summed E-state index contributed by atoms with van der Waals surface area (Å²) < 4.78 is 4.84. The Morgan fingerprint density at radius 1 is 0.786 bits per heavy atom.